The van der Waals surface area contributed by atoms with E-state index in [1.165, 1.54) is 4.31 Å². The number of methoxy groups -OCH3 is 1. The molecule has 0 saturated carbocycles. The minimum Gasteiger partial charge on any atom is -0.497 e. The van der Waals surface area contributed by atoms with Gasteiger partial charge in [0, 0.05) is 24.7 Å². The summed E-state index contributed by atoms with van der Waals surface area (Å²) in [6.07, 6.45) is 0. The number of nitrogens with one attached hydrogen (secondary N) is 1. The van der Waals surface area contributed by atoms with Crippen LogP contribution in [0.25, 0.3) is 0 Å². The molecular weight excluding hydrogens is 364 g/mol. The summed E-state index contributed by atoms with van der Waals surface area (Å²) in [5.41, 5.74) is 1.38. The van der Waals surface area contributed by atoms with E-state index < -0.39 is 10.0 Å². The Bertz CT molecular complexity index is 834. The Morgan fingerprint density at radius 3 is 2.26 bits per heavy atom. The number of carbonyl (C=O) groups is 1. The number of benzene rings is 2. The minimum atomic E-state index is -3.51. The largest absolute Gasteiger partial charge is 0.497 e. The molecule has 0 aromatic heterocycles. The number of sulfonamides is 1. The van der Waals surface area contributed by atoms with Crippen LogP contribution in [0.15, 0.2) is 54.6 Å². The van der Waals surface area contributed by atoms with Gasteiger partial charge in [0.25, 0.3) is 5.91 Å². The van der Waals surface area contributed by atoms with Crippen molar-refractivity contribution >= 4 is 15.9 Å². The fourth-order valence-corrected chi connectivity index (χ4v) is 4.20. The molecule has 0 bridgehead atoms. The molecule has 0 radical (unpaired) electrons. The van der Waals surface area contributed by atoms with Gasteiger partial charge in [-0.2, -0.15) is 4.31 Å². The van der Waals surface area contributed by atoms with Gasteiger partial charge >= 0.3 is 0 Å². The molecule has 0 spiro atoms. The molecule has 2 aromatic rings. The molecule has 27 heavy (non-hydrogen) atoms. The van der Waals surface area contributed by atoms with E-state index in [2.05, 4.69) is 5.32 Å². The number of hydrogen-bond donors (Lipinski definition) is 1. The molecule has 1 amide bonds. The lowest BCUT2D eigenvalue weighted by molar-refractivity contribution is 0.0956. The summed E-state index contributed by atoms with van der Waals surface area (Å²) in [5.74, 6) is 0.189. The smallest absolute Gasteiger partial charge is 0.251 e. The van der Waals surface area contributed by atoms with Crippen LogP contribution in [0, 0.1) is 0 Å². The topological polar surface area (TPSA) is 75.7 Å². The first-order chi connectivity index (χ1) is 12.8. The van der Waals surface area contributed by atoms with Crippen LogP contribution in [-0.4, -0.2) is 44.1 Å². The molecule has 0 fully saturated rings. The summed E-state index contributed by atoms with van der Waals surface area (Å²) >= 11 is 0. The van der Waals surface area contributed by atoms with Gasteiger partial charge in [-0.15, -0.1) is 0 Å². The van der Waals surface area contributed by atoms with Gasteiger partial charge in [-0.25, -0.2) is 8.42 Å². The van der Waals surface area contributed by atoms with Gasteiger partial charge in [0.05, 0.1) is 12.9 Å². The maximum absolute atomic E-state index is 12.7. The van der Waals surface area contributed by atoms with Crippen LogP contribution in [0.3, 0.4) is 0 Å². The van der Waals surface area contributed by atoms with Crippen LogP contribution in [-0.2, 0) is 16.6 Å². The van der Waals surface area contributed by atoms with E-state index in [9.17, 15) is 13.2 Å². The number of nitrogens with zero attached hydrogens (tertiary/aromatic N) is 1. The van der Waals surface area contributed by atoms with E-state index in [1.807, 2.05) is 44.2 Å². The molecular formula is C20H26N2O4S. The van der Waals surface area contributed by atoms with E-state index >= 15 is 0 Å². The summed E-state index contributed by atoms with van der Waals surface area (Å²) in [6.45, 7) is 4.05. The molecule has 0 aliphatic heterocycles. The maximum Gasteiger partial charge on any atom is 0.251 e. The summed E-state index contributed by atoms with van der Waals surface area (Å²) < 4.78 is 32.0. The van der Waals surface area contributed by atoms with E-state index in [1.54, 1.807) is 31.4 Å². The van der Waals surface area contributed by atoms with Gasteiger partial charge in [0.15, 0.2) is 0 Å². The lowest BCUT2D eigenvalue weighted by Gasteiger charge is -2.26. The molecule has 0 heterocycles. The van der Waals surface area contributed by atoms with Crippen LogP contribution in [0.4, 0.5) is 0 Å². The summed E-state index contributed by atoms with van der Waals surface area (Å²) in [6, 6.07) is 15.9. The molecule has 1 N–H and O–H groups in total. The zero-order valence-corrected chi connectivity index (χ0v) is 16.7. The van der Waals surface area contributed by atoms with Crippen molar-refractivity contribution in [1.29, 1.82) is 0 Å². The Balaban J connectivity index is 1.95. The van der Waals surface area contributed by atoms with Crippen molar-refractivity contribution in [3.63, 3.8) is 0 Å². The van der Waals surface area contributed by atoms with E-state index in [0.29, 0.717) is 17.9 Å². The van der Waals surface area contributed by atoms with Crippen molar-refractivity contribution < 1.29 is 17.9 Å². The fraction of sp³-hybridized carbons (Fsp3) is 0.350. The first kappa shape index (κ1) is 20.9. The molecule has 0 aliphatic rings. The predicted octanol–water partition coefficient (Wildman–Crippen LogP) is 2.67. The molecule has 7 heteroatoms. The number of hydrogen-bond acceptors (Lipinski definition) is 4. The first-order valence-corrected chi connectivity index (χ1v) is 10.4. The third-order valence-corrected chi connectivity index (χ3v) is 6.10. The molecule has 0 atom stereocenters. The normalized spacial score (nSPS) is 11.6. The maximum atomic E-state index is 12.7. The van der Waals surface area contributed by atoms with Crippen LogP contribution < -0.4 is 10.1 Å². The standard InChI is InChI=1S/C20H26N2O4S/c1-16(2)22(15-17-7-5-4-6-8-17)27(24,25)14-13-21-20(23)18-9-11-19(26-3)12-10-18/h4-12,16H,13-15H2,1-3H3,(H,21,23). The van der Waals surface area contributed by atoms with E-state index in [0.717, 1.165) is 5.56 Å². The Labute approximate surface area is 161 Å². The lowest BCUT2D eigenvalue weighted by atomic mass is 10.2. The molecule has 146 valence electrons. The third kappa shape index (κ3) is 6.08. The number of carbonyl (C=O) groups excluding carboxylic acids is 1. The highest BCUT2D eigenvalue weighted by Gasteiger charge is 2.25. The summed E-state index contributed by atoms with van der Waals surface area (Å²) in [5, 5.41) is 2.66. The third-order valence-electron chi connectivity index (χ3n) is 4.11. The average Bonchev–Trinajstić information content (AvgIpc) is 2.66. The Morgan fingerprint density at radius 1 is 1.07 bits per heavy atom. The highest BCUT2D eigenvalue weighted by Crippen LogP contribution is 2.14. The number of amides is 1. The quantitative estimate of drug-likeness (QED) is 0.714. The van der Waals surface area contributed by atoms with Crippen LogP contribution >= 0.6 is 0 Å². The van der Waals surface area contributed by atoms with Crippen LogP contribution in [0.1, 0.15) is 29.8 Å². The van der Waals surface area contributed by atoms with Gasteiger partial charge in [-0.1, -0.05) is 30.3 Å². The highest BCUT2D eigenvalue weighted by atomic mass is 32.2. The molecule has 0 aliphatic carbocycles. The van der Waals surface area contributed by atoms with Gasteiger partial charge < -0.3 is 10.1 Å². The van der Waals surface area contributed by atoms with Crippen LogP contribution in [0.2, 0.25) is 0 Å². The van der Waals surface area contributed by atoms with Gasteiger partial charge in [0.1, 0.15) is 5.75 Å². The Morgan fingerprint density at radius 2 is 1.70 bits per heavy atom. The second-order valence-electron chi connectivity index (χ2n) is 6.42. The van der Waals surface area contributed by atoms with Crippen molar-refractivity contribution in [3.05, 3.63) is 65.7 Å². The molecule has 0 saturated heterocycles. The molecule has 0 unspecified atom stereocenters. The Kier molecular flexibility index (Phi) is 7.38. The van der Waals surface area contributed by atoms with Crippen LogP contribution in [0.5, 0.6) is 5.75 Å². The van der Waals surface area contributed by atoms with Crippen molar-refractivity contribution in [2.24, 2.45) is 0 Å². The fourth-order valence-electron chi connectivity index (χ4n) is 2.62. The zero-order chi connectivity index (χ0) is 19.9. The number of ether oxygens (including phenoxy) is 1. The monoisotopic (exact) mass is 390 g/mol. The second kappa shape index (κ2) is 9.53. The van der Waals surface area contributed by atoms with Crippen molar-refractivity contribution in [1.82, 2.24) is 9.62 Å². The Hall–Kier alpha value is -2.38. The van der Waals surface area contributed by atoms with Crippen molar-refractivity contribution in [2.45, 2.75) is 26.4 Å². The predicted molar refractivity (Wildman–Crippen MR) is 106 cm³/mol. The minimum absolute atomic E-state index is 0.0468. The molecule has 6 nitrogen and oxygen atoms in total. The van der Waals surface area contributed by atoms with E-state index in [4.69, 9.17) is 4.74 Å². The highest BCUT2D eigenvalue weighted by molar-refractivity contribution is 7.89. The second-order valence-corrected chi connectivity index (χ2v) is 8.47. The molecule has 2 aromatic carbocycles. The zero-order valence-electron chi connectivity index (χ0n) is 15.9. The van der Waals surface area contributed by atoms with Gasteiger partial charge in [-0.05, 0) is 43.7 Å². The summed E-state index contributed by atoms with van der Waals surface area (Å²) in [4.78, 5) is 12.2. The van der Waals surface area contributed by atoms with E-state index in [-0.39, 0.29) is 24.2 Å². The van der Waals surface area contributed by atoms with Crippen molar-refractivity contribution in [3.8, 4) is 5.75 Å². The van der Waals surface area contributed by atoms with Gasteiger partial charge in [-0.3, -0.25) is 4.79 Å². The number of rotatable bonds is 9. The SMILES string of the molecule is COc1ccc(C(=O)NCCS(=O)(=O)N(Cc2ccccc2)C(C)C)cc1. The van der Waals surface area contributed by atoms with Crippen molar-refractivity contribution in [2.75, 3.05) is 19.4 Å². The lowest BCUT2D eigenvalue weighted by Crippen LogP contribution is -2.41. The van der Waals surface area contributed by atoms with Gasteiger partial charge in [0.2, 0.25) is 10.0 Å². The average molecular weight is 391 g/mol. The summed E-state index contributed by atoms with van der Waals surface area (Å²) in [7, 11) is -1.96. The first-order valence-electron chi connectivity index (χ1n) is 8.79. The molecule has 2 rings (SSSR count).